The van der Waals surface area contributed by atoms with Crippen LogP contribution in [-0.4, -0.2) is 41.0 Å². The first-order valence-electron chi connectivity index (χ1n) is 8.72. The summed E-state index contributed by atoms with van der Waals surface area (Å²) in [5, 5.41) is 0. The minimum atomic E-state index is -0.330. The molecule has 3 heterocycles. The van der Waals surface area contributed by atoms with Crippen LogP contribution in [0.2, 0.25) is 0 Å². The molecule has 132 valence electrons. The summed E-state index contributed by atoms with van der Waals surface area (Å²) in [6.07, 6.45) is 7.45. The molecule has 2 aromatic rings. The molecule has 3 rings (SSSR count). The summed E-state index contributed by atoms with van der Waals surface area (Å²) in [4.78, 5) is 22.9. The molecule has 1 aliphatic heterocycles. The maximum absolute atomic E-state index is 11.6. The number of nitrogens with zero attached hydrogens (tertiary/aromatic N) is 3. The highest BCUT2D eigenvalue weighted by molar-refractivity contribution is 5.89. The topological polar surface area (TPSA) is 55.3 Å². The molecule has 1 unspecified atom stereocenters. The number of ether oxygens (including phenoxy) is 1. The van der Waals surface area contributed by atoms with Crippen molar-refractivity contribution >= 4 is 5.97 Å². The Labute approximate surface area is 149 Å². The summed E-state index contributed by atoms with van der Waals surface area (Å²) in [5.41, 5.74) is 5.26. The lowest BCUT2D eigenvalue weighted by Crippen LogP contribution is -2.22. The Balaban J connectivity index is 1.59. The average molecular weight is 339 g/mol. The SMILES string of the molecule is COC(=O)c1cncc(CC2CCN(Cc3ncc(C)cc3C)C2)c1. The molecule has 0 aromatic carbocycles. The minimum absolute atomic E-state index is 0.330. The third-order valence-electron chi connectivity index (χ3n) is 4.81. The number of methoxy groups -OCH3 is 1. The first kappa shape index (κ1) is 17.5. The molecule has 0 N–H and O–H groups in total. The fourth-order valence-electron chi connectivity index (χ4n) is 3.51. The Hall–Kier alpha value is -2.27. The molecule has 0 spiro atoms. The number of carbonyl (C=O) groups is 1. The van der Waals surface area contributed by atoms with Crippen LogP contribution in [0.4, 0.5) is 0 Å². The van der Waals surface area contributed by atoms with Gasteiger partial charge >= 0.3 is 5.97 Å². The van der Waals surface area contributed by atoms with Crippen LogP contribution in [0.15, 0.2) is 30.7 Å². The molecule has 1 saturated heterocycles. The van der Waals surface area contributed by atoms with Crippen molar-refractivity contribution in [1.29, 1.82) is 0 Å². The average Bonchev–Trinajstić information content (AvgIpc) is 3.04. The number of esters is 1. The zero-order chi connectivity index (χ0) is 17.8. The Morgan fingerprint density at radius 1 is 1.28 bits per heavy atom. The number of rotatable bonds is 5. The van der Waals surface area contributed by atoms with Crippen LogP contribution in [0, 0.1) is 19.8 Å². The summed E-state index contributed by atoms with van der Waals surface area (Å²) < 4.78 is 4.77. The number of aryl methyl sites for hydroxylation is 2. The largest absolute Gasteiger partial charge is 0.465 e. The lowest BCUT2D eigenvalue weighted by Gasteiger charge is -2.17. The highest BCUT2D eigenvalue weighted by Gasteiger charge is 2.23. The predicted molar refractivity (Wildman–Crippen MR) is 96.4 cm³/mol. The van der Waals surface area contributed by atoms with Crippen molar-refractivity contribution in [3.05, 3.63) is 58.7 Å². The number of likely N-dealkylation sites (tertiary alicyclic amines) is 1. The zero-order valence-corrected chi connectivity index (χ0v) is 15.2. The van der Waals surface area contributed by atoms with Crippen molar-refractivity contribution in [1.82, 2.24) is 14.9 Å². The van der Waals surface area contributed by atoms with Gasteiger partial charge < -0.3 is 4.74 Å². The molecule has 1 atom stereocenters. The summed E-state index contributed by atoms with van der Waals surface area (Å²) >= 11 is 0. The van der Waals surface area contributed by atoms with Crippen LogP contribution >= 0.6 is 0 Å². The van der Waals surface area contributed by atoms with Gasteiger partial charge in [-0.05, 0) is 61.9 Å². The summed E-state index contributed by atoms with van der Waals surface area (Å²) in [5.74, 6) is 0.253. The van der Waals surface area contributed by atoms with E-state index in [0.29, 0.717) is 11.5 Å². The quantitative estimate of drug-likeness (QED) is 0.784. The van der Waals surface area contributed by atoms with Crippen LogP contribution in [0.5, 0.6) is 0 Å². The first-order chi connectivity index (χ1) is 12.0. The molecule has 2 aromatic heterocycles. The molecule has 0 aliphatic carbocycles. The smallest absolute Gasteiger partial charge is 0.339 e. The molecule has 5 heteroatoms. The van der Waals surface area contributed by atoms with E-state index < -0.39 is 0 Å². The zero-order valence-electron chi connectivity index (χ0n) is 15.2. The van der Waals surface area contributed by atoms with E-state index in [1.165, 1.54) is 23.9 Å². The van der Waals surface area contributed by atoms with E-state index in [1.807, 2.05) is 18.5 Å². The van der Waals surface area contributed by atoms with Crippen molar-refractivity contribution in [3.8, 4) is 0 Å². The second-order valence-electron chi connectivity index (χ2n) is 6.94. The van der Waals surface area contributed by atoms with Gasteiger partial charge in [-0.2, -0.15) is 0 Å². The van der Waals surface area contributed by atoms with Crippen LogP contribution in [-0.2, 0) is 17.7 Å². The van der Waals surface area contributed by atoms with E-state index in [4.69, 9.17) is 4.74 Å². The van der Waals surface area contributed by atoms with Gasteiger partial charge in [-0.3, -0.25) is 14.9 Å². The second-order valence-corrected chi connectivity index (χ2v) is 6.94. The lowest BCUT2D eigenvalue weighted by molar-refractivity contribution is 0.0600. The first-order valence-corrected chi connectivity index (χ1v) is 8.72. The monoisotopic (exact) mass is 339 g/mol. The molecule has 0 bridgehead atoms. The molecule has 0 radical (unpaired) electrons. The Bertz CT molecular complexity index is 760. The molecular weight excluding hydrogens is 314 g/mol. The maximum atomic E-state index is 11.6. The number of hydrogen-bond acceptors (Lipinski definition) is 5. The minimum Gasteiger partial charge on any atom is -0.465 e. The van der Waals surface area contributed by atoms with Gasteiger partial charge in [0, 0.05) is 31.7 Å². The van der Waals surface area contributed by atoms with Crippen LogP contribution < -0.4 is 0 Å². The molecule has 1 fully saturated rings. The summed E-state index contributed by atoms with van der Waals surface area (Å²) in [7, 11) is 1.39. The molecule has 1 aliphatic rings. The second kappa shape index (κ2) is 7.74. The standard InChI is InChI=1S/C20H25N3O2/c1-14-6-15(2)19(22-9-14)13-23-5-4-16(12-23)7-17-8-18(11-21-10-17)20(24)25-3/h6,8-11,16H,4-5,7,12-13H2,1-3H3. The number of hydrogen-bond donors (Lipinski definition) is 0. The van der Waals surface area contributed by atoms with Crippen LogP contribution in [0.25, 0.3) is 0 Å². The van der Waals surface area contributed by atoms with Gasteiger partial charge in [0.15, 0.2) is 0 Å². The number of pyridine rings is 2. The van der Waals surface area contributed by atoms with Gasteiger partial charge in [-0.25, -0.2) is 4.79 Å². The van der Waals surface area contributed by atoms with Gasteiger partial charge in [0.1, 0.15) is 0 Å². The Kier molecular flexibility index (Phi) is 5.43. The highest BCUT2D eigenvalue weighted by Crippen LogP contribution is 2.23. The summed E-state index contributed by atoms with van der Waals surface area (Å²) in [6, 6.07) is 4.09. The van der Waals surface area contributed by atoms with E-state index >= 15 is 0 Å². The molecule has 5 nitrogen and oxygen atoms in total. The molecule has 0 saturated carbocycles. The van der Waals surface area contributed by atoms with Crippen molar-refractivity contribution in [2.75, 3.05) is 20.2 Å². The van der Waals surface area contributed by atoms with E-state index in [-0.39, 0.29) is 5.97 Å². The van der Waals surface area contributed by atoms with Crippen molar-refractivity contribution in [3.63, 3.8) is 0 Å². The van der Waals surface area contributed by atoms with Gasteiger partial charge in [-0.15, -0.1) is 0 Å². The third-order valence-corrected chi connectivity index (χ3v) is 4.81. The maximum Gasteiger partial charge on any atom is 0.339 e. The lowest BCUT2D eigenvalue weighted by atomic mass is 9.99. The van der Waals surface area contributed by atoms with E-state index in [1.54, 1.807) is 6.20 Å². The molecular formula is C20H25N3O2. The molecule has 0 amide bonds. The Morgan fingerprint density at radius 2 is 2.12 bits per heavy atom. The van der Waals surface area contributed by atoms with E-state index in [0.717, 1.165) is 38.0 Å². The molecule has 25 heavy (non-hydrogen) atoms. The van der Waals surface area contributed by atoms with Crippen molar-refractivity contribution < 1.29 is 9.53 Å². The van der Waals surface area contributed by atoms with Crippen molar-refractivity contribution in [2.45, 2.75) is 33.2 Å². The van der Waals surface area contributed by atoms with E-state index in [9.17, 15) is 4.79 Å². The van der Waals surface area contributed by atoms with E-state index in [2.05, 4.69) is 34.8 Å². The normalized spacial score (nSPS) is 17.6. The van der Waals surface area contributed by atoms with Gasteiger partial charge in [0.05, 0.1) is 18.4 Å². The van der Waals surface area contributed by atoms with Gasteiger partial charge in [0.25, 0.3) is 0 Å². The van der Waals surface area contributed by atoms with Gasteiger partial charge in [-0.1, -0.05) is 6.07 Å². The third kappa shape index (κ3) is 4.42. The predicted octanol–water partition coefficient (Wildman–Crippen LogP) is 2.94. The van der Waals surface area contributed by atoms with Crippen molar-refractivity contribution in [2.24, 2.45) is 5.92 Å². The fraction of sp³-hybridized carbons (Fsp3) is 0.450. The van der Waals surface area contributed by atoms with Gasteiger partial charge in [0.2, 0.25) is 0 Å². The van der Waals surface area contributed by atoms with Crippen LogP contribution in [0.1, 0.15) is 39.2 Å². The highest BCUT2D eigenvalue weighted by atomic mass is 16.5. The van der Waals surface area contributed by atoms with Crippen LogP contribution in [0.3, 0.4) is 0 Å². The Morgan fingerprint density at radius 3 is 2.88 bits per heavy atom. The summed E-state index contributed by atoms with van der Waals surface area (Å²) in [6.45, 7) is 7.25. The number of aromatic nitrogens is 2. The fourth-order valence-corrected chi connectivity index (χ4v) is 3.51. The number of carbonyl (C=O) groups excluding carboxylic acids is 1.